The van der Waals surface area contributed by atoms with Gasteiger partial charge >= 0.3 is 12.2 Å². The molecule has 270 valence electrons. The van der Waals surface area contributed by atoms with Gasteiger partial charge in [0, 0.05) is 94.7 Å². The number of carbonyl (C=O) groups excluding carboxylic acids is 2. The molecule has 5 rings (SSSR count). The second-order valence-electron chi connectivity index (χ2n) is 13.2. The number of rotatable bonds is 13. The van der Waals surface area contributed by atoms with E-state index in [0.29, 0.717) is 86.8 Å². The predicted octanol–water partition coefficient (Wildman–Crippen LogP) is 5.57. The number of hydrogen-bond acceptors (Lipinski definition) is 6. The van der Waals surface area contributed by atoms with Crippen molar-refractivity contribution in [2.75, 3.05) is 97.7 Å². The molecule has 0 bridgehead atoms. The molecular weight excluding hydrogens is 680 g/mol. The van der Waals surface area contributed by atoms with Crippen molar-refractivity contribution in [3.63, 3.8) is 0 Å². The standard InChI is InChI=1S/C35H47Cl2F3N6O3/c1-41(20-21-49-2)25-27-22-28(35(38,39)40)7-9-31(27)43-14-16-44(17-15-43)33(47)32(23-26-6-8-29(36)24-30(26)37)46-19-18-45(34(46)48)13-12-42-10-4-3-5-11-42/h6-9,22,24,32H,3-5,10-21,23,25H2,1-2H3/t32-/m1/s1. The lowest BCUT2D eigenvalue weighted by Gasteiger charge is -2.40. The third kappa shape index (κ3) is 9.72. The zero-order valence-corrected chi connectivity index (χ0v) is 29.9. The third-order valence-electron chi connectivity index (χ3n) is 9.81. The molecule has 3 aliphatic heterocycles. The maximum absolute atomic E-state index is 14.3. The van der Waals surface area contributed by atoms with Crippen LogP contribution in [0.3, 0.4) is 0 Å². The molecule has 0 radical (unpaired) electrons. The van der Waals surface area contributed by atoms with Crippen LogP contribution in [0.15, 0.2) is 36.4 Å². The Morgan fingerprint density at radius 1 is 0.918 bits per heavy atom. The van der Waals surface area contributed by atoms with Gasteiger partial charge in [-0.3, -0.25) is 9.69 Å². The van der Waals surface area contributed by atoms with E-state index in [4.69, 9.17) is 27.9 Å². The van der Waals surface area contributed by atoms with Crippen LogP contribution < -0.4 is 4.90 Å². The number of anilines is 1. The van der Waals surface area contributed by atoms with E-state index in [2.05, 4.69) is 4.90 Å². The van der Waals surface area contributed by atoms with Crippen molar-refractivity contribution in [2.24, 2.45) is 0 Å². The number of piperidine rings is 1. The molecule has 2 aromatic carbocycles. The monoisotopic (exact) mass is 726 g/mol. The van der Waals surface area contributed by atoms with Crippen LogP contribution in [-0.2, 0) is 28.7 Å². The maximum atomic E-state index is 14.3. The number of alkyl halides is 3. The molecule has 14 heteroatoms. The molecule has 0 saturated carbocycles. The van der Waals surface area contributed by atoms with Crippen molar-refractivity contribution in [2.45, 2.75) is 44.4 Å². The Kier molecular flexibility index (Phi) is 13.0. The quantitative estimate of drug-likeness (QED) is 0.269. The van der Waals surface area contributed by atoms with Crippen LogP contribution in [0.1, 0.15) is 36.0 Å². The summed E-state index contributed by atoms with van der Waals surface area (Å²) in [4.78, 5) is 39.7. The average Bonchev–Trinajstić information content (AvgIpc) is 3.45. The first-order valence-corrected chi connectivity index (χ1v) is 17.8. The third-order valence-corrected chi connectivity index (χ3v) is 10.4. The predicted molar refractivity (Wildman–Crippen MR) is 186 cm³/mol. The first kappa shape index (κ1) is 37.5. The van der Waals surface area contributed by atoms with Gasteiger partial charge in [0.2, 0.25) is 5.91 Å². The van der Waals surface area contributed by atoms with Crippen LogP contribution in [0.2, 0.25) is 10.0 Å². The van der Waals surface area contributed by atoms with E-state index in [1.165, 1.54) is 31.4 Å². The number of urea groups is 1. The fourth-order valence-electron chi connectivity index (χ4n) is 6.96. The summed E-state index contributed by atoms with van der Waals surface area (Å²) < 4.78 is 46.2. The van der Waals surface area contributed by atoms with E-state index in [1.807, 2.05) is 21.7 Å². The number of benzene rings is 2. The van der Waals surface area contributed by atoms with Gasteiger partial charge in [0.25, 0.3) is 0 Å². The fourth-order valence-corrected chi connectivity index (χ4v) is 7.45. The molecule has 3 amide bonds. The van der Waals surface area contributed by atoms with Crippen molar-refractivity contribution in [3.8, 4) is 0 Å². The number of amides is 3. The number of likely N-dealkylation sites (tertiary alicyclic amines) is 1. The Bertz CT molecular complexity index is 1440. The number of likely N-dealkylation sites (N-methyl/N-ethyl adjacent to an activating group) is 1. The Hall–Kier alpha value is -2.77. The van der Waals surface area contributed by atoms with Gasteiger partial charge in [-0.05, 0) is 74.4 Å². The molecule has 2 aromatic rings. The first-order valence-electron chi connectivity index (χ1n) is 17.1. The highest BCUT2D eigenvalue weighted by atomic mass is 35.5. The van der Waals surface area contributed by atoms with Crippen molar-refractivity contribution in [3.05, 3.63) is 63.1 Å². The SMILES string of the molecule is COCCN(C)Cc1cc(C(F)(F)F)ccc1N1CCN(C(=O)[C@@H](Cc2ccc(Cl)cc2Cl)N2CCN(CCN3CCCCC3)C2=O)CC1. The van der Waals surface area contributed by atoms with Crippen molar-refractivity contribution in [1.29, 1.82) is 0 Å². The number of hydrogen-bond donors (Lipinski definition) is 0. The lowest BCUT2D eigenvalue weighted by atomic mass is 10.0. The van der Waals surface area contributed by atoms with Gasteiger partial charge < -0.3 is 29.2 Å². The summed E-state index contributed by atoms with van der Waals surface area (Å²) in [5.41, 5.74) is 1.32. The second-order valence-corrected chi connectivity index (χ2v) is 14.0. The van der Waals surface area contributed by atoms with Gasteiger partial charge in [-0.15, -0.1) is 0 Å². The van der Waals surface area contributed by atoms with Crippen molar-refractivity contribution in [1.82, 2.24) is 24.5 Å². The van der Waals surface area contributed by atoms with Gasteiger partial charge in [0.05, 0.1) is 12.2 Å². The normalized spacial score (nSPS) is 18.6. The molecule has 3 heterocycles. The summed E-state index contributed by atoms with van der Waals surface area (Å²) >= 11 is 12.7. The average molecular weight is 728 g/mol. The smallest absolute Gasteiger partial charge is 0.383 e. The van der Waals surface area contributed by atoms with E-state index in [1.54, 1.807) is 35.1 Å². The van der Waals surface area contributed by atoms with E-state index in [-0.39, 0.29) is 18.4 Å². The van der Waals surface area contributed by atoms with Crippen molar-refractivity contribution >= 4 is 40.8 Å². The van der Waals surface area contributed by atoms with Crippen LogP contribution in [0.25, 0.3) is 0 Å². The summed E-state index contributed by atoms with van der Waals surface area (Å²) in [6.45, 7) is 7.48. The minimum absolute atomic E-state index is 0.147. The highest BCUT2D eigenvalue weighted by Gasteiger charge is 2.40. The van der Waals surface area contributed by atoms with Crippen LogP contribution in [0.5, 0.6) is 0 Å². The first-order chi connectivity index (χ1) is 23.4. The minimum atomic E-state index is -4.46. The minimum Gasteiger partial charge on any atom is -0.383 e. The fraction of sp³-hybridized carbons (Fsp3) is 0.600. The summed E-state index contributed by atoms with van der Waals surface area (Å²) in [6, 6.07) is 8.14. The zero-order valence-electron chi connectivity index (χ0n) is 28.4. The Morgan fingerprint density at radius 3 is 2.33 bits per heavy atom. The summed E-state index contributed by atoms with van der Waals surface area (Å²) in [6.07, 6.45) is -0.607. The molecule has 3 saturated heterocycles. The Balaban J connectivity index is 1.30. The number of ether oxygens (including phenoxy) is 1. The number of nitrogens with zero attached hydrogens (tertiary/aromatic N) is 6. The molecule has 0 aromatic heterocycles. The molecule has 49 heavy (non-hydrogen) atoms. The summed E-state index contributed by atoms with van der Waals surface area (Å²) in [5.74, 6) is -0.163. The molecule has 9 nitrogen and oxygen atoms in total. The molecule has 0 N–H and O–H groups in total. The number of halogens is 5. The molecule has 1 atom stereocenters. The van der Waals surface area contributed by atoms with Gasteiger partial charge in [0.1, 0.15) is 6.04 Å². The number of piperazine rings is 1. The largest absolute Gasteiger partial charge is 0.416 e. The van der Waals surface area contributed by atoms with E-state index in [9.17, 15) is 22.8 Å². The number of methoxy groups -OCH3 is 1. The van der Waals surface area contributed by atoms with E-state index in [0.717, 1.165) is 31.3 Å². The topological polar surface area (TPSA) is 62.8 Å². The molecule has 0 aliphatic carbocycles. The maximum Gasteiger partial charge on any atom is 0.416 e. The molecule has 0 unspecified atom stereocenters. The van der Waals surface area contributed by atoms with Crippen LogP contribution >= 0.6 is 23.2 Å². The highest BCUT2D eigenvalue weighted by Crippen LogP contribution is 2.34. The van der Waals surface area contributed by atoms with Crippen LogP contribution in [0, 0.1) is 0 Å². The molecule has 0 spiro atoms. The lowest BCUT2D eigenvalue weighted by Crippen LogP contribution is -2.56. The summed E-state index contributed by atoms with van der Waals surface area (Å²) in [7, 11) is 3.44. The Labute approximate surface area is 297 Å². The molecule has 3 aliphatic rings. The Morgan fingerprint density at radius 2 is 1.65 bits per heavy atom. The van der Waals surface area contributed by atoms with Gasteiger partial charge in [-0.2, -0.15) is 13.2 Å². The highest BCUT2D eigenvalue weighted by molar-refractivity contribution is 6.35. The van der Waals surface area contributed by atoms with Crippen LogP contribution in [0.4, 0.5) is 23.7 Å². The van der Waals surface area contributed by atoms with Crippen molar-refractivity contribution < 1.29 is 27.5 Å². The van der Waals surface area contributed by atoms with Gasteiger partial charge in [0.15, 0.2) is 0 Å². The molecular formula is C35H47Cl2F3N6O3. The second kappa shape index (κ2) is 17.0. The van der Waals surface area contributed by atoms with E-state index < -0.39 is 17.8 Å². The lowest BCUT2D eigenvalue weighted by molar-refractivity contribution is -0.138. The van der Waals surface area contributed by atoms with Crippen LogP contribution in [-0.4, -0.2) is 135 Å². The summed E-state index contributed by atoms with van der Waals surface area (Å²) in [5, 5.41) is 0.926. The van der Waals surface area contributed by atoms with Gasteiger partial charge in [-0.25, -0.2) is 4.79 Å². The number of carbonyl (C=O) groups is 2. The van der Waals surface area contributed by atoms with E-state index >= 15 is 0 Å². The van der Waals surface area contributed by atoms with Gasteiger partial charge in [-0.1, -0.05) is 35.7 Å². The zero-order chi connectivity index (χ0) is 35.1. The molecule has 3 fully saturated rings.